The van der Waals surface area contributed by atoms with Crippen molar-refractivity contribution in [1.82, 2.24) is 5.32 Å². The van der Waals surface area contributed by atoms with Crippen LogP contribution < -0.4 is 5.32 Å². The molecule has 2 aromatic rings. The van der Waals surface area contributed by atoms with E-state index in [-0.39, 0.29) is 0 Å². The molecule has 0 saturated carbocycles. The van der Waals surface area contributed by atoms with E-state index in [0.29, 0.717) is 17.7 Å². The fraction of sp³-hybridized carbons (Fsp3) is 0.333. The van der Waals surface area contributed by atoms with Gasteiger partial charge in [-0.25, -0.2) is 0 Å². The van der Waals surface area contributed by atoms with Gasteiger partial charge >= 0.3 is 0 Å². The van der Waals surface area contributed by atoms with Gasteiger partial charge in [-0.3, -0.25) is 0 Å². The molecule has 0 radical (unpaired) electrons. The number of rotatable bonds is 6. The normalized spacial score (nSPS) is 12.6. The van der Waals surface area contributed by atoms with Crippen molar-refractivity contribution in [2.75, 3.05) is 0 Å². The van der Waals surface area contributed by atoms with Crippen molar-refractivity contribution < 1.29 is 5.11 Å². The molecule has 2 heteroatoms. The summed E-state index contributed by atoms with van der Waals surface area (Å²) in [5.74, 6) is 0.960. The van der Waals surface area contributed by atoms with Crippen molar-refractivity contribution in [3.05, 3.63) is 65.7 Å². The molecule has 0 spiro atoms. The molecule has 2 aromatic carbocycles. The molecule has 0 aromatic heterocycles. The van der Waals surface area contributed by atoms with Gasteiger partial charge in [-0.15, -0.1) is 0 Å². The van der Waals surface area contributed by atoms with Crippen LogP contribution in [0.4, 0.5) is 0 Å². The summed E-state index contributed by atoms with van der Waals surface area (Å²) in [6.07, 6.45) is 1.10. The number of hydrogen-bond donors (Lipinski definition) is 2. The molecule has 0 aliphatic heterocycles. The molecule has 0 amide bonds. The van der Waals surface area contributed by atoms with Crippen LogP contribution in [0.25, 0.3) is 0 Å². The predicted octanol–water partition coefficient (Wildman–Crippen LogP) is 4.27. The molecule has 106 valence electrons. The Balaban J connectivity index is 2.05. The predicted molar refractivity (Wildman–Crippen MR) is 83.6 cm³/mol. The van der Waals surface area contributed by atoms with Gasteiger partial charge in [0.25, 0.3) is 0 Å². The summed E-state index contributed by atoms with van der Waals surface area (Å²) in [5.41, 5.74) is 2.43. The highest BCUT2D eigenvalue weighted by atomic mass is 16.3. The van der Waals surface area contributed by atoms with Crippen LogP contribution in [0.15, 0.2) is 54.6 Å². The van der Waals surface area contributed by atoms with Gasteiger partial charge in [-0.05, 0) is 35.6 Å². The molecule has 1 atom stereocenters. The third kappa shape index (κ3) is 4.39. The second-order valence-electron chi connectivity index (χ2n) is 5.64. The molecule has 0 saturated heterocycles. The Labute approximate surface area is 121 Å². The monoisotopic (exact) mass is 269 g/mol. The largest absolute Gasteiger partial charge is 0.508 e. The lowest BCUT2D eigenvalue weighted by Crippen LogP contribution is -2.22. The summed E-state index contributed by atoms with van der Waals surface area (Å²) < 4.78 is 0. The van der Waals surface area contributed by atoms with E-state index >= 15 is 0 Å². The lowest BCUT2D eigenvalue weighted by atomic mass is 9.97. The Morgan fingerprint density at radius 2 is 1.75 bits per heavy atom. The van der Waals surface area contributed by atoms with Crippen molar-refractivity contribution >= 4 is 0 Å². The maximum atomic E-state index is 9.51. The van der Waals surface area contributed by atoms with Crippen LogP contribution in [0.2, 0.25) is 0 Å². The van der Waals surface area contributed by atoms with Gasteiger partial charge in [-0.2, -0.15) is 0 Å². The van der Waals surface area contributed by atoms with E-state index in [1.54, 1.807) is 6.07 Å². The van der Waals surface area contributed by atoms with Gasteiger partial charge in [0.15, 0.2) is 0 Å². The maximum absolute atomic E-state index is 9.51. The van der Waals surface area contributed by atoms with Gasteiger partial charge < -0.3 is 10.4 Å². The van der Waals surface area contributed by atoms with Gasteiger partial charge in [-0.1, -0.05) is 56.3 Å². The van der Waals surface area contributed by atoms with E-state index < -0.39 is 0 Å². The highest BCUT2D eigenvalue weighted by molar-refractivity contribution is 5.27. The van der Waals surface area contributed by atoms with Gasteiger partial charge in [0, 0.05) is 12.6 Å². The fourth-order valence-corrected chi connectivity index (χ4v) is 2.40. The van der Waals surface area contributed by atoms with Gasteiger partial charge in [0.1, 0.15) is 5.75 Å². The molecular formula is C18H23NO. The number of phenols is 1. The zero-order chi connectivity index (χ0) is 14.4. The molecule has 2 N–H and O–H groups in total. The van der Waals surface area contributed by atoms with Crippen molar-refractivity contribution in [3.8, 4) is 5.75 Å². The van der Waals surface area contributed by atoms with Crippen LogP contribution >= 0.6 is 0 Å². The lowest BCUT2D eigenvalue weighted by molar-refractivity contribution is 0.427. The molecular weight excluding hydrogens is 246 g/mol. The van der Waals surface area contributed by atoms with Crippen LogP contribution in [-0.4, -0.2) is 5.11 Å². The topological polar surface area (TPSA) is 32.3 Å². The Morgan fingerprint density at radius 3 is 2.40 bits per heavy atom. The third-order valence-corrected chi connectivity index (χ3v) is 3.37. The molecule has 1 unspecified atom stereocenters. The first-order valence-corrected chi connectivity index (χ1v) is 7.21. The Kier molecular flexibility index (Phi) is 5.19. The smallest absolute Gasteiger partial charge is 0.115 e. The minimum atomic E-state index is 0.324. The lowest BCUT2D eigenvalue weighted by Gasteiger charge is -2.21. The van der Waals surface area contributed by atoms with Gasteiger partial charge in [0.2, 0.25) is 0 Å². The van der Waals surface area contributed by atoms with E-state index in [1.165, 1.54) is 5.56 Å². The SMILES string of the molecule is CC(C)CC(NCc1cccc(O)c1)c1ccccc1. The maximum Gasteiger partial charge on any atom is 0.115 e. The van der Waals surface area contributed by atoms with Crippen molar-refractivity contribution in [2.24, 2.45) is 5.92 Å². The van der Waals surface area contributed by atoms with E-state index in [9.17, 15) is 5.11 Å². The summed E-state index contributed by atoms with van der Waals surface area (Å²) >= 11 is 0. The summed E-state index contributed by atoms with van der Waals surface area (Å²) in [4.78, 5) is 0. The number of benzene rings is 2. The number of nitrogens with one attached hydrogen (secondary N) is 1. The van der Waals surface area contributed by atoms with Crippen LogP contribution in [0, 0.1) is 5.92 Å². The summed E-state index contributed by atoms with van der Waals surface area (Å²) in [6, 6.07) is 18.3. The van der Waals surface area contributed by atoms with E-state index in [4.69, 9.17) is 0 Å². The molecule has 20 heavy (non-hydrogen) atoms. The van der Waals surface area contributed by atoms with E-state index in [1.807, 2.05) is 24.3 Å². The van der Waals surface area contributed by atoms with Gasteiger partial charge in [0.05, 0.1) is 0 Å². The van der Waals surface area contributed by atoms with Crippen molar-refractivity contribution in [1.29, 1.82) is 0 Å². The molecule has 0 aliphatic rings. The van der Waals surface area contributed by atoms with E-state index in [2.05, 4.69) is 43.4 Å². The Hall–Kier alpha value is -1.80. The van der Waals surface area contributed by atoms with E-state index in [0.717, 1.165) is 18.5 Å². The molecule has 0 fully saturated rings. The molecule has 0 aliphatic carbocycles. The Bertz CT molecular complexity index is 522. The average Bonchev–Trinajstić information content (AvgIpc) is 2.44. The van der Waals surface area contributed by atoms with Crippen molar-refractivity contribution in [3.63, 3.8) is 0 Å². The fourth-order valence-electron chi connectivity index (χ4n) is 2.40. The molecule has 2 nitrogen and oxygen atoms in total. The molecule has 0 bridgehead atoms. The Morgan fingerprint density at radius 1 is 1.00 bits per heavy atom. The average molecular weight is 269 g/mol. The number of phenolic OH excluding ortho intramolecular Hbond substituents is 1. The number of aromatic hydroxyl groups is 1. The highest BCUT2D eigenvalue weighted by Crippen LogP contribution is 2.22. The summed E-state index contributed by atoms with van der Waals surface area (Å²) in [7, 11) is 0. The first kappa shape index (κ1) is 14.6. The quantitative estimate of drug-likeness (QED) is 0.821. The zero-order valence-electron chi connectivity index (χ0n) is 12.2. The summed E-state index contributed by atoms with van der Waals surface area (Å²) in [5, 5.41) is 13.1. The minimum absolute atomic E-state index is 0.324. The van der Waals surface area contributed by atoms with Crippen LogP contribution in [0.5, 0.6) is 5.75 Å². The first-order chi connectivity index (χ1) is 9.65. The van der Waals surface area contributed by atoms with Crippen LogP contribution in [0.1, 0.15) is 37.4 Å². The van der Waals surface area contributed by atoms with Crippen LogP contribution in [-0.2, 0) is 6.54 Å². The molecule has 2 rings (SSSR count). The second kappa shape index (κ2) is 7.11. The first-order valence-electron chi connectivity index (χ1n) is 7.21. The number of hydrogen-bond acceptors (Lipinski definition) is 2. The second-order valence-corrected chi connectivity index (χ2v) is 5.64. The zero-order valence-corrected chi connectivity index (χ0v) is 12.2. The standard InChI is InChI=1S/C18H23NO/c1-14(2)11-18(16-8-4-3-5-9-16)19-13-15-7-6-10-17(20)12-15/h3-10,12,14,18-20H,11,13H2,1-2H3. The van der Waals surface area contributed by atoms with Crippen LogP contribution in [0.3, 0.4) is 0 Å². The summed E-state index contributed by atoms with van der Waals surface area (Å²) in [6.45, 7) is 5.25. The minimum Gasteiger partial charge on any atom is -0.508 e. The molecule has 0 heterocycles. The third-order valence-electron chi connectivity index (χ3n) is 3.37. The highest BCUT2D eigenvalue weighted by Gasteiger charge is 2.12. The van der Waals surface area contributed by atoms with Crippen molar-refractivity contribution in [2.45, 2.75) is 32.9 Å².